The molecule has 2 aromatic rings. The molecule has 0 unspecified atom stereocenters. The Balaban J connectivity index is 1.78. The van der Waals surface area contributed by atoms with E-state index in [0.29, 0.717) is 12.3 Å². The molecule has 2 rings (SSSR count). The SMILES string of the molecule is Nc1ccccc1CC(=O)OCCc1ccccc1. The standard InChI is InChI=1S/C16H17NO2/c17-15-9-5-4-8-14(15)12-16(18)19-11-10-13-6-2-1-3-7-13/h1-9H,10-12,17H2. The molecule has 0 aliphatic carbocycles. The number of anilines is 1. The van der Waals surface area contributed by atoms with Crippen molar-refractivity contribution >= 4 is 11.7 Å². The predicted molar refractivity (Wildman–Crippen MR) is 75.7 cm³/mol. The first kappa shape index (κ1) is 13.1. The molecule has 3 heteroatoms. The second-order valence-electron chi connectivity index (χ2n) is 4.33. The molecule has 0 saturated carbocycles. The minimum absolute atomic E-state index is 0.224. The Kier molecular flexibility index (Phi) is 4.56. The molecule has 0 aromatic heterocycles. The second kappa shape index (κ2) is 6.59. The molecule has 0 heterocycles. The van der Waals surface area contributed by atoms with Crippen molar-refractivity contribution in [2.45, 2.75) is 12.8 Å². The van der Waals surface area contributed by atoms with Crippen LogP contribution in [0.3, 0.4) is 0 Å². The summed E-state index contributed by atoms with van der Waals surface area (Å²) in [4.78, 5) is 11.7. The molecule has 0 bridgehead atoms. The van der Waals surface area contributed by atoms with Gasteiger partial charge in [0.25, 0.3) is 0 Å². The highest BCUT2D eigenvalue weighted by Gasteiger charge is 2.07. The van der Waals surface area contributed by atoms with Crippen LogP contribution in [-0.4, -0.2) is 12.6 Å². The normalized spacial score (nSPS) is 10.1. The van der Waals surface area contributed by atoms with Gasteiger partial charge < -0.3 is 10.5 Å². The number of carbonyl (C=O) groups is 1. The van der Waals surface area contributed by atoms with E-state index in [9.17, 15) is 4.79 Å². The molecular weight excluding hydrogens is 238 g/mol. The number of para-hydroxylation sites is 1. The van der Waals surface area contributed by atoms with E-state index >= 15 is 0 Å². The lowest BCUT2D eigenvalue weighted by Gasteiger charge is -2.06. The molecule has 0 atom stereocenters. The molecule has 98 valence electrons. The van der Waals surface area contributed by atoms with E-state index in [1.807, 2.05) is 48.5 Å². The third-order valence-corrected chi connectivity index (χ3v) is 2.89. The lowest BCUT2D eigenvalue weighted by Crippen LogP contribution is -2.11. The summed E-state index contributed by atoms with van der Waals surface area (Å²) in [7, 11) is 0. The Morgan fingerprint density at radius 2 is 1.68 bits per heavy atom. The molecule has 3 nitrogen and oxygen atoms in total. The average Bonchev–Trinajstić information content (AvgIpc) is 2.43. The number of esters is 1. The van der Waals surface area contributed by atoms with Crippen molar-refractivity contribution in [2.75, 3.05) is 12.3 Å². The van der Waals surface area contributed by atoms with Crippen LogP contribution >= 0.6 is 0 Å². The summed E-state index contributed by atoms with van der Waals surface area (Å²) in [5.74, 6) is -0.242. The summed E-state index contributed by atoms with van der Waals surface area (Å²) in [5, 5.41) is 0. The van der Waals surface area contributed by atoms with Crippen molar-refractivity contribution in [3.05, 3.63) is 65.7 Å². The van der Waals surface area contributed by atoms with E-state index in [-0.39, 0.29) is 12.4 Å². The first-order valence-corrected chi connectivity index (χ1v) is 6.28. The molecule has 0 radical (unpaired) electrons. The fourth-order valence-corrected chi connectivity index (χ4v) is 1.83. The van der Waals surface area contributed by atoms with Gasteiger partial charge in [0.15, 0.2) is 0 Å². The van der Waals surface area contributed by atoms with Crippen molar-refractivity contribution in [1.29, 1.82) is 0 Å². The van der Waals surface area contributed by atoms with Gasteiger partial charge in [0.05, 0.1) is 13.0 Å². The van der Waals surface area contributed by atoms with Gasteiger partial charge in [0.2, 0.25) is 0 Å². The molecule has 0 saturated heterocycles. The summed E-state index contributed by atoms with van der Waals surface area (Å²) < 4.78 is 5.21. The van der Waals surface area contributed by atoms with Crippen LogP contribution in [0, 0.1) is 0 Å². The van der Waals surface area contributed by atoms with Gasteiger partial charge in [-0.1, -0.05) is 48.5 Å². The Bertz CT molecular complexity index is 537. The highest BCUT2D eigenvalue weighted by atomic mass is 16.5. The van der Waals surface area contributed by atoms with Gasteiger partial charge in [-0.3, -0.25) is 4.79 Å². The van der Waals surface area contributed by atoms with Crippen LogP contribution in [0.1, 0.15) is 11.1 Å². The summed E-state index contributed by atoms with van der Waals surface area (Å²) in [5.41, 5.74) is 8.38. The number of ether oxygens (including phenoxy) is 1. The quantitative estimate of drug-likeness (QED) is 0.660. The Hall–Kier alpha value is -2.29. The number of rotatable bonds is 5. The zero-order valence-electron chi connectivity index (χ0n) is 10.7. The molecule has 19 heavy (non-hydrogen) atoms. The van der Waals surface area contributed by atoms with Crippen LogP contribution in [0.4, 0.5) is 5.69 Å². The third-order valence-electron chi connectivity index (χ3n) is 2.89. The zero-order valence-corrected chi connectivity index (χ0v) is 10.7. The highest BCUT2D eigenvalue weighted by Crippen LogP contribution is 2.11. The van der Waals surface area contributed by atoms with Crippen LogP contribution in [0.5, 0.6) is 0 Å². The van der Waals surface area contributed by atoms with Crippen LogP contribution in [0.2, 0.25) is 0 Å². The number of nitrogens with two attached hydrogens (primary N) is 1. The minimum Gasteiger partial charge on any atom is -0.465 e. The fraction of sp³-hybridized carbons (Fsp3) is 0.188. The van der Waals surface area contributed by atoms with Gasteiger partial charge in [0.1, 0.15) is 0 Å². The van der Waals surface area contributed by atoms with Crippen molar-refractivity contribution in [3.63, 3.8) is 0 Å². The van der Waals surface area contributed by atoms with Gasteiger partial charge in [-0.2, -0.15) is 0 Å². The molecule has 2 aromatic carbocycles. The molecule has 0 fully saturated rings. The maximum Gasteiger partial charge on any atom is 0.310 e. The second-order valence-corrected chi connectivity index (χ2v) is 4.33. The zero-order chi connectivity index (χ0) is 13.5. The van der Waals surface area contributed by atoms with Crippen molar-refractivity contribution in [1.82, 2.24) is 0 Å². The summed E-state index contributed by atoms with van der Waals surface area (Å²) in [6.45, 7) is 0.398. The first-order chi connectivity index (χ1) is 9.25. The van der Waals surface area contributed by atoms with E-state index in [1.54, 1.807) is 6.07 Å². The maximum absolute atomic E-state index is 11.7. The number of carbonyl (C=O) groups excluding carboxylic acids is 1. The Labute approximate surface area is 113 Å². The number of benzene rings is 2. The van der Waals surface area contributed by atoms with Crippen LogP contribution in [0.25, 0.3) is 0 Å². The maximum atomic E-state index is 11.7. The molecule has 0 aliphatic heterocycles. The van der Waals surface area contributed by atoms with Crippen molar-refractivity contribution in [2.24, 2.45) is 0 Å². The fourth-order valence-electron chi connectivity index (χ4n) is 1.83. The monoisotopic (exact) mass is 255 g/mol. The number of hydrogen-bond acceptors (Lipinski definition) is 3. The molecule has 2 N–H and O–H groups in total. The van der Waals surface area contributed by atoms with Crippen LogP contribution in [-0.2, 0) is 22.4 Å². The third kappa shape index (κ3) is 4.14. The predicted octanol–water partition coefficient (Wildman–Crippen LogP) is 2.60. The number of hydrogen-bond donors (Lipinski definition) is 1. The number of nitrogen functional groups attached to an aromatic ring is 1. The molecule has 0 amide bonds. The Morgan fingerprint density at radius 1 is 1.00 bits per heavy atom. The minimum atomic E-state index is -0.242. The molecule has 0 spiro atoms. The van der Waals surface area contributed by atoms with Gasteiger partial charge >= 0.3 is 5.97 Å². The van der Waals surface area contributed by atoms with Crippen molar-refractivity contribution in [3.8, 4) is 0 Å². The highest BCUT2D eigenvalue weighted by molar-refractivity contribution is 5.74. The van der Waals surface area contributed by atoms with E-state index in [1.165, 1.54) is 0 Å². The molecular formula is C16H17NO2. The van der Waals surface area contributed by atoms with Gasteiger partial charge in [-0.05, 0) is 17.2 Å². The van der Waals surface area contributed by atoms with Gasteiger partial charge in [0, 0.05) is 12.1 Å². The van der Waals surface area contributed by atoms with Crippen LogP contribution in [0.15, 0.2) is 54.6 Å². The van der Waals surface area contributed by atoms with E-state index in [0.717, 1.165) is 17.5 Å². The Morgan fingerprint density at radius 3 is 2.42 bits per heavy atom. The largest absolute Gasteiger partial charge is 0.465 e. The smallest absolute Gasteiger partial charge is 0.310 e. The van der Waals surface area contributed by atoms with E-state index in [2.05, 4.69) is 0 Å². The average molecular weight is 255 g/mol. The lowest BCUT2D eigenvalue weighted by molar-refractivity contribution is -0.142. The van der Waals surface area contributed by atoms with E-state index < -0.39 is 0 Å². The first-order valence-electron chi connectivity index (χ1n) is 6.28. The van der Waals surface area contributed by atoms with Gasteiger partial charge in [-0.25, -0.2) is 0 Å². The lowest BCUT2D eigenvalue weighted by atomic mass is 10.1. The van der Waals surface area contributed by atoms with Gasteiger partial charge in [-0.15, -0.1) is 0 Å². The van der Waals surface area contributed by atoms with Crippen molar-refractivity contribution < 1.29 is 9.53 Å². The summed E-state index contributed by atoms with van der Waals surface area (Å²) in [6.07, 6.45) is 0.957. The summed E-state index contributed by atoms with van der Waals surface area (Å²) >= 11 is 0. The summed E-state index contributed by atoms with van der Waals surface area (Å²) in [6, 6.07) is 17.3. The molecule has 0 aliphatic rings. The van der Waals surface area contributed by atoms with E-state index in [4.69, 9.17) is 10.5 Å². The van der Waals surface area contributed by atoms with Crippen LogP contribution < -0.4 is 5.73 Å². The topological polar surface area (TPSA) is 52.3 Å².